The maximum atomic E-state index is 13.5. The molecule has 3 aliphatic rings. The first-order chi connectivity index (χ1) is 15.9. The Morgan fingerprint density at radius 2 is 1.97 bits per heavy atom. The van der Waals surface area contributed by atoms with Gasteiger partial charge in [0.15, 0.2) is 0 Å². The van der Waals surface area contributed by atoms with Crippen LogP contribution in [0, 0.1) is 11.8 Å². The van der Waals surface area contributed by atoms with Crippen LogP contribution < -0.4 is 5.32 Å². The van der Waals surface area contributed by atoms with Gasteiger partial charge in [0.2, 0.25) is 0 Å². The topological polar surface area (TPSA) is 24.5 Å². The van der Waals surface area contributed by atoms with Crippen LogP contribution in [0.3, 0.4) is 0 Å². The molecule has 0 radical (unpaired) electrons. The normalized spacial score (nSPS) is 29.0. The zero-order valence-corrected chi connectivity index (χ0v) is 20.3. The largest absolute Gasteiger partial charge is 0.416 e. The SMILES string of the molecule is CCN(CC)CCSC[C@H]1CC[C@@H]2[C@H](O1)c1cc(C(F)(F)F)ccc1N[C@H]2C1C=CC=CC1. The number of ether oxygens (including phenoxy) is 1. The minimum absolute atomic E-state index is 0.0795. The summed E-state index contributed by atoms with van der Waals surface area (Å²) in [7, 11) is 0. The number of allylic oxidation sites excluding steroid dienone is 3. The number of anilines is 1. The number of nitrogens with one attached hydrogen (secondary N) is 1. The summed E-state index contributed by atoms with van der Waals surface area (Å²) >= 11 is 1.89. The number of halogens is 3. The van der Waals surface area contributed by atoms with Gasteiger partial charge in [0.1, 0.15) is 0 Å². The molecule has 1 aromatic carbocycles. The molecule has 0 amide bonds. The third-order valence-corrected chi connectivity index (χ3v) is 8.32. The molecule has 4 rings (SSSR count). The van der Waals surface area contributed by atoms with E-state index in [1.54, 1.807) is 6.07 Å². The smallest absolute Gasteiger partial charge is 0.381 e. The molecule has 1 aromatic rings. The highest BCUT2D eigenvalue weighted by atomic mass is 32.2. The Bertz CT molecular complexity index is 852. The lowest BCUT2D eigenvalue weighted by Crippen LogP contribution is -2.47. The van der Waals surface area contributed by atoms with Crippen molar-refractivity contribution in [2.24, 2.45) is 11.8 Å². The monoisotopic (exact) mass is 480 g/mol. The molecule has 33 heavy (non-hydrogen) atoms. The lowest BCUT2D eigenvalue weighted by atomic mass is 9.73. The van der Waals surface area contributed by atoms with Gasteiger partial charge >= 0.3 is 6.18 Å². The van der Waals surface area contributed by atoms with Crippen LogP contribution in [-0.4, -0.2) is 48.2 Å². The molecule has 3 nitrogen and oxygen atoms in total. The van der Waals surface area contributed by atoms with Gasteiger partial charge in [-0.1, -0.05) is 38.2 Å². The third kappa shape index (κ3) is 5.80. The molecule has 2 heterocycles. The van der Waals surface area contributed by atoms with E-state index in [1.807, 2.05) is 11.8 Å². The Hall–Kier alpha value is -1.44. The fourth-order valence-corrected chi connectivity index (χ4v) is 6.39. The van der Waals surface area contributed by atoms with Crippen LogP contribution in [0.4, 0.5) is 18.9 Å². The summed E-state index contributed by atoms with van der Waals surface area (Å²) in [6.45, 7) is 7.52. The summed E-state index contributed by atoms with van der Waals surface area (Å²) in [6.07, 6.45) is 6.82. The molecule has 1 unspecified atom stereocenters. The number of hydrogen-bond acceptors (Lipinski definition) is 4. The van der Waals surface area contributed by atoms with Crippen LogP contribution in [0.1, 0.15) is 50.3 Å². The average Bonchev–Trinajstić information content (AvgIpc) is 2.83. The first-order valence-corrected chi connectivity index (χ1v) is 13.3. The maximum Gasteiger partial charge on any atom is 0.416 e. The quantitative estimate of drug-likeness (QED) is 0.427. The Kier molecular flexibility index (Phi) is 8.13. The molecule has 1 fully saturated rings. The van der Waals surface area contributed by atoms with Gasteiger partial charge in [-0.15, -0.1) is 0 Å². The van der Waals surface area contributed by atoms with Gasteiger partial charge in [-0.3, -0.25) is 0 Å². The van der Waals surface area contributed by atoms with Gasteiger partial charge in [-0.05, 0) is 50.6 Å². The van der Waals surface area contributed by atoms with E-state index in [9.17, 15) is 13.2 Å². The number of rotatable bonds is 8. The molecule has 0 saturated carbocycles. The lowest BCUT2D eigenvalue weighted by Gasteiger charge is -2.47. The Morgan fingerprint density at radius 1 is 1.15 bits per heavy atom. The highest BCUT2D eigenvalue weighted by Crippen LogP contribution is 2.49. The van der Waals surface area contributed by atoms with Gasteiger partial charge in [0, 0.05) is 47.2 Å². The van der Waals surface area contributed by atoms with Crippen molar-refractivity contribution in [1.29, 1.82) is 0 Å². The zero-order valence-electron chi connectivity index (χ0n) is 19.5. The summed E-state index contributed by atoms with van der Waals surface area (Å²) in [6, 6.07) is 4.25. The van der Waals surface area contributed by atoms with E-state index in [1.165, 1.54) is 12.1 Å². The van der Waals surface area contributed by atoms with Crippen molar-refractivity contribution < 1.29 is 17.9 Å². The van der Waals surface area contributed by atoms with Gasteiger partial charge in [-0.2, -0.15) is 24.9 Å². The van der Waals surface area contributed by atoms with Gasteiger partial charge < -0.3 is 15.0 Å². The first kappa shape index (κ1) is 24.7. The van der Waals surface area contributed by atoms with Crippen molar-refractivity contribution in [1.82, 2.24) is 4.90 Å². The van der Waals surface area contributed by atoms with Crippen molar-refractivity contribution in [3.63, 3.8) is 0 Å². The third-order valence-electron chi connectivity index (χ3n) is 7.24. The highest BCUT2D eigenvalue weighted by Gasteiger charge is 2.44. The fraction of sp³-hybridized carbons (Fsp3) is 0.615. The van der Waals surface area contributed by atoms with Crippen molar-refractivity contribution in [3.8, 4) is 0 Å². The van der Waals surface area contributed by atoms with Crippen molar-refractivity contribution in [2.75, 3.05) is 36.5 Å². The molecule has 5 atom stereocenters. The fourth-order valence-electron chi connectivity index (χ4n) is 5.33. The molecule has 0 aromatic heterocycles. The Morgan fingerprint density at radius 3 is 2.67 bits per heavy atom. The molecule has 1 aliphatic carbocycles. The number of benzene rings is 1. The number of nitrogens with zero attached hydrogens (tertiary/aromatic N) is 1. The molecule has 0 bridgehead atoms. The average molecular weight is 481 g/mol. The van der Waals surface area contributed by atoms with Crippen LogP contribution in [0.15, 0.2) is 42.5 Å². The highest BCUT2D eigenvalue weighted by molar-refractivity contribution is 7.99. The van der Waals surface area contributed by atoms with Gasteiger partial charge in [0.25, 0.3) is 0 Å². The van der Waals surface area contributed by atoms with Crippen molar-refractivity contribution in [3.05, 3.63) is 53.6 Å². The number of thioether (sulfide) groups is 1. The van der Waals surface area contributed by atoms with E-state index in [4.69, 9.17) is 4.74 Å². The molecule has 0 spiro atoms. The van der Waals surface area contributed by atoms with Gasteiger partial charge in [-0.25, -0.2) is 0 Å². The molecule has 1 N–H and O–H groups in total. The molecule has 1 saturated heterocycles. The lowest BCUT2D eigenvalue weighted by molar-refractivity contribution is -0.138. The molecule has 7 heteroatoms. The van der Waals surface area contributed by atoms with Crippen LogP contribution >= 0.6 is 11.8 Å². The predicted molar refractivity (Wildman–Crippen MR) is 131 cm³/mol. The van der Waals surface area contributed by atoms with E-state index in [0.717, 1.165) is 56.1 Å². The first-order valence-electron chi connectivity index (χ1n) is 12.2. The van der Waals surface area contributed by atoms with Crippen LogP contribution in [-0.2, 0) is 10.9 Å². The molecular weight excluding hydrogens is 445 g/mol. The number of alkyl halides is 3. The van der Waals surface area contributed by atoms with Crippen LogP contribution in [0.2, 0.25) is 0 Å². The number of fused-ring (bicyclic) bond motifs is 3. The maximum absolute atomic E-state index is 13.5. The van der Waals surface area contributed by atoms with E-state index in [-0.39, 0.29) is 24.2 Å². The van der Waals surface area contributed by atoms with E-state index in [0.29, 0.717) is 11.5 Å². The summed E-state index contributed by atoms with van der Waals surface area (Å²) in [5, 5.41) is 3.59. The summed E-state index contributed by atoms with van der Waals surface area (Å²) in [4.78, 5) is 2.41. The van der Waals surface area contributed by atoms with Crippen molar-refractivity contribution in [2.45, 2.75) is 57.5 Å². The minimum atomic E-state index is -4.35. The van der Waals surface area contributed by atoms with E-state index in [2.05, 4.69) is 48.4 Å². The van der Waals surface area contributed by atoms with Crippen molar-refractivity contribution >= 4 is 17.4 Å². The van der Waals surface area contributed by atoms with Crippen LogP contribution in [0.5, 0.6) is 0 Å². The summed E-state index contributed by atoms with van der Waals surface area (Å²) in [5.74, 6) is 2.43. The summed E-state index contributed by atoms with van der Waals surface area (Å²) < 4.78 is 47.0. The van der Waals surface area contributed by atoms with Crippen LogP contribution in [0.25, 0.3) is 0 Å². The Balaban J connectivity index is 1.50. The molecule has 2 aliphatic heterocycles. The molecule has 182 valence electrons. The molecular formula is C26H35F3N2OS. The predicted octanol–water partition coefficient (Wildman–Crippen LogP) is 6.54. The van der Waals surface area contributed by atoms with E-state index >= 15 is 0 Å². The van der Waals surface area contributed by atoms with E-state index < -0.39 is 11.7 Å². The standard InChI is InChI=1S/C26H35F3N2OS/c1-3-31(4-2)14-15-33-17-20-11-12-21-24(18-8-6-5-7-9-18)30-23-13-10-19(26(27,28)29)16-22(23)25(21)32-20/h5-8,10,13,16,18,20-21,24-25,30H,3-4,9,11-12,14-15,17H2,1-2H3/t18?,20-,21+,24+,25+/m1/s1. The van der Waals surface area contributed by atoms with Gasteiger partial charge in [0.05, 0.1) is 17.8 Å². The Labute approximate surface area is 199 Å². The number of hydrogen-bond donors (Lipinski definition) is 1. The minimum Gasteiger partial charge on any atom is -0.381 e. The second kappa shape index (κ2) is 10.9. The second-order valence-corrected chi connectivity index (χ2v) is 10.4. The summed E-state index contributed by atoms with van der Waals surface area (Å²) in [5.41, 5.74) is 0.853. The zero-order chi connectivity index (χ0) is 23.4. The second-order valence-electron chi connectivity index (χ2n) is 9.20.